The predicted molar refractivity (Wildman–Crippen MR) is 136 cm³/mol. The maximum absolute atomic E-state index is 5.83. The molecule has 2 atom stereocenters. The number of hydrogen-bond acceptors (Lipinski definition) is 10. The van der Waals surface area contributed by atoms with Gasteiger partial charge in [0.05, 0.1) is 24.5 Å². The van der Waals surface area contributed by atoms with E-state index in [1.54, 1.807) is 6.20 Å². The smallest absolute Gasteiger partial charge is 0.220 e. The van der Waals surface area contributed by atoms with Gasteiger partial charge in [-0.05, 0) is 39.5 Å². The van der Waals surface area contributed by atoms with Gasteiger partial charge in [0.2, 0.25) is 11.9 Å². The standard InChI is InChI=1S/C24H34N10O/c1-14-11-33(12-15(2)27-14)24-29-19-21(32-6-8-35-9-7-32)30-20(18-10-26-23(25)28-16(18)3)31-22(19)34(24)13-17-4-5-17/h10,14-15,17,27H,4-9,11-13H2,1-3H3,(H2,25,26,28)/t14-,15+. The lowest BCUT2D eigenvalue weighted by atomic mass is 10.1. The summed E-state index contributed by atoms with van der Waals surface area (Å²) in [5.74, 6) is 3.40. The third kappa shape index (κ3) is 4.38. The van der Waals surface area contributed by atoms with E-state index < -0.39 is 0 Å². The minimum atomic E-state index is 0.253. The summed E-state index contributed by atoms with van der Waals surface area (Å²) in [5, 5.41) is 3.64. The van der Waals surface area contributed by atoms with Crippen molar-refractivity contribution in [1.29, 1.82) is 0 Å². The molecule has 3 N–H and O–H groups in total. The van der Waals surface area contributed by atoms with Crippen molar-refractivity contribution in [2.24, 2.45) is 5.92 Å². The van der Waals surface area contributed by atoms with Crippen LogP contribution in [0.2, 0.25) is 0 Å². The molecular weight excluding hydrogens is 444 g/mol. The Morgan fingerprint density at radius 2 is 1.77 bits per heavy atom. The highest BCUT2D eigenvalue weighted by atomic mass is 16.5. The number of fused-ring (bicyclic) bond motifs is 1. The fourth-order valence-corrected chi connectivity index (χ4v) is 5.25. The van der Waals surface area contributed by atoms with E-state index in [1.165, 1.54) is 12.8 Å². The first-order valence-electron chi connectivity index (χ1n) is 12.7. The summed E-state index contributed by atoms with van der Waals surface area (Å²) in [4.78, 5) is 28.6. The average Bonchev–Trinajstić information content (AvgIpc) is 3.58. The highest BCUT2D eigenvalue weighted by molar-refractivity contribution is 5.88. The summed E-state index contributed by atoms with van der Waals surface area (Å²) in [7, 11) is 0. The fourth-order valence-electron chi connectivity index (χ4n) is 5.25. The van der Waals surface area contributed by atoms with Gasteiger partial charge in [-0.2, -0.15) is 0 Å². The van der Waals surface area contributed by atoms with Crippen LogP contribution in [-0.4, -0.2) is 81.0 Å². The van der Waals surface area contributed by atoms with Crippen molar-refractivity contribution < 1.29 is 4.74 Å². The molecule has 186 valence electrons. The number of imidazole rings is 1. The number of morpholine rings is 1. The highest BCUT2D eigenvalue weighted by Crippen LogP contribution is 2.37. The van der Waals surface area contributed by atoms with Crippen molar-refractivity contribution in [3.63, 3.8) is 0 Å². The van der Waals surface area contributed by atoms with Gasteiger partial charge in [-0.25, -0.2) is 24.9 Å². The zero-order chi connectivity index (χ0) is 24.1. The zero-order valence-electron chi connectivity index (χ0n) is 20.7. The van der Waals surface area contributed by atoms with Gasteiger partial charge in [0.15, 0.2) is 22.8 Å². The van der Waals surface area contributed by atoms with Crippen LogP contribution < -0.4 is 20.9 Å². The quantitative estimate of drug-likeness (QED) is 0.559. The number of piperazine rings is 1. The van der Waals surface area contributed by atoms with Crippen LogP contribution >= 0.6 is 0 Å². The zero-order valence-corrected chi connectivity index (χ0v) is 20.7. The van der Waals surface area contributed by atoms with E-state index in [4.69, 9.17) is 25.4 Å². The Kier molecular flexibility index (Phi) is 5.68. The van der Waals surface area contributed by atoms with Gasteiger partial charge >= 0.3 is 0 Å². The molecule has 0 amide bonds. The van der Waals surface area contributed by atoms with E-state index in [2.05, 4.69) is 43.5 Å². The van der Waals surface area contributed by atoms with Crippen molar-refractivity contribution in [3.8, 4) is 11.4 Å². The van der Waals surface area contributed by atoms with E-state index in [9.17, 15) is 0 Å². The Hall–Kier alpha value is -3.05. The molecule has 2 saturated heterocycles. The Balaban J connectivity index is 1.55. The number of nitrogen functional groups attached to an aromatic ring is 1. The maximum Gasteiger partial charge on any atom is 0.220 e. The van der Waals surface area contributed by atoms with E-state index in [-0.39, 0.29) is 5.95 Å². The Morgan fingerprint density at radius 1 is 1.03 bits per heavy atom. The molecule has 0 aromatic carbocycles. The van der Waals surface area contributed by atoms with Gasteiger partial charge in [-0.3, -0.25) is 4.57 Å². The molecule has 1 aliphatic carbocycles. The molecule has 3 aromatic rings. The summed E-state index contributed by atoms with van der Waals surface area (Å²) in [5.41, 5.74) is 9.13. The SMILES string of the molecule is Cc1nc(N)ncc1-c1nc(N2CCOCC2)c2nc(N3C[C@@H](C)N[C@@H](C)C3)n(CC3CC3)c2n1. The first kappa shape index (κ1) is 22.4. The first-order valence-corrected chi connectivity index (χ1v) is 12.7. The van der Waals surface area contributed by atoms with Crippen LogP contribution in [0, 0.1) is 12.8 Å². The van der Waals surface area contributed by atoms with Crippen LogP contribution in [0.5, 0.6) is 0 Å². The number of nitrogens with zero attached hydrogens (tertiary/aromatic N) is 8. The lowest BCUT2D eigenvalue weighted by molar-refractivity contribution is 0.122. The highest BCUT2D eigenvalue weighted by Gasteiger charge is 2.32. The molecule has 0 unspecified atom stereocenters. The molecule has 3 fully saturated rings. The summed E-state index contributed by atoms with van der Waals surface area (Å²) < 4.78 is 7.96. The third-order valence-electron chi connectivity index (χ3n) is 7.08. The normalized spacial score (nSPS) is 23.3. The Bertz CT molecular complexity index is 1220. The summed E-state index contributed by atoms with van der Waals surface area (Å²) >= 11 is 0. The van der Waals surface area contributed by atoms with E-state index in [1.807, 2.05) is 6.92 Å². The molecule has 0 bridgehead atoms. The first-order chi connectivity index (χ1) is 17.0. The largest absolute Gasteiger partial charge is 0.378 e. The Labute approximate surface area is 205 Å². The number of anilines is 3. The van der Waals surface area contributed by atoms with Crippen LogP contribution in [-0.2, 0) is 11.3 Å². The van der Waals surface area contributed by atoms with Crippen LogP contribution in [0.25, 0.3) is 22.6 Å². The number of aromatic nitrogens is 6. The molecule has 3 aromatic heterocycles. The number of ether oxygens (including phenoxy) is 1. The third-order valence-corrected chi connectivity index (χ3v) is 7.08. The topological polar surface area (TPSA) is 123 Å². The molecule has 5 heterocycles. The minimum absolute atomic E-state index is 0.253. The number of nitrogens with one attached hydrogen (secondary N) is 1. The van der Waals surface area contributed by atoms with Gasteiger partial charge in [0.25, 0.3) is 0 Å². The molecule has 2 aliphatic heterocycles. The second-order valence-electron chi connectivity index (χ2n) is 10.2. The minimum Gasteiger partial charge on any atom is -0.378 e. The molecule has 0 radical (unpaired) electrons. The van der Waals surface area contributed by atoms with Crippen molar-refractivity contribution in [1.82, 2.24) is 34.8 Å². The summed E-state index contributed by atoms with van der Waals surface area (Å²) in [6.45, 7) is 12.0. The van der Waals surface area contributed by atoms with Crippen LogP contribution in [0.4, 0.5) is 17.7 Å². The van der Waals surface area contributed by atoms with Crippen molar-refractivity contribution >= 4 is 28.9 Å². The number of rotatable bonds is 5. The second-order valence-corrected chi connectivity index (χ2v) is 10.2. The van der Waals surface area contributed by atoms with Crippen LogP contribution in [0.1, 0.15) is 32.4 Å². The average molecular weight is 479 g/mol. The second kappa shape index (κ2) is 8.87. The molecule has 6 rings (SSSR count). The molecule has 11 heteroatoms. The molecule has 0 spiro atoms. The van der Waals surface area contributed by atoms with Crippen LogP contribution in [0.3, 0.4) is 0 Å². The van der Waals surface area contributed by atoms with Gasteiger partial charge in [0.1, 0.15) is 0 Å². The molecule has 3 aliphatic rings. The van der Waals surface area contributed by atoms with Gasteiger partial charge in [-0.15, -0.1) is 0 Å². The molecule has 1 saturated carbocycles. The lowest BCUT2D eigenvalue weighted by Crippen LogP contribution is -2.55. The van der Waals surface area contributed by atoms with Crippen molar-refractivity contribution in [2.45, 2.75) is 52.2 Å². The summed E-state index contributed by atoms with van der Waals surface area (Å²) in [6, 6.07) is 0.783. The molecule has 11 nitrogen and oxygen atoms in total. The van der Waals surface area contributed by atoms with E-state index in [0.717, 1.165) is 66.9 Å². The van der Waals surface area contributed by atoms with Gasteiger partial charge in [0, 0.05) is 51.0 Å². The van der Waals surface area contributed by atoms with Crippen molar-refractivity contribution in [2.75, 3.05) is 54.9 Å². The molecule has 35 heavy (non-hydrogen) atoms. The van der Waals surface area contributed by atoms with E-state index >= 15 is 0 Å². The van der Waals surface area contributed by atoms with Crippen molar-refractivity contribution in [3.05, 3.63) is 11.9 Å². The molecular formula is C24H34N10O. The predicted octanol–water partition coefficient (Wildman–Crippen LogP) is 1.61. The number of nitrogens with two attached hydrogens (primary N) is 1. The fraction of sp³-hybridized carbons (Fsp3) is 0.625. The van der Waals surface area contributed by atoms with Crippen LogP contribution in [0.15, 0.2) is 6.20 Å². The monoisotopic (exact) mass is 478 g/mol. The number of aryl methyl sites for hydroxylation is 1. The number of hydrogen-bond donors (Lipinski definition) is 2. The van der Waals surface area contributed by atoms with Gasteiger partial charge < -0.3 is 25.6 Å². The summed E-state index contributed by atoms with van der Waals surface area (Å²) in [6.07, 6.45) is 4.24. The van der Waals surface area contributed by atoms with E-state index in [0.29, 0.717) is 37.0 Å². The Morgan fingerprint density at radius 3 is 2.46 bits per heavy atom. The lowest BCUT2D eigenvalue weighted by Gasteiger charge is -2.36. The maximum atomic E-state index is 5.83. The van der Waals surface area contributed by atoms with Gasteiger partial charge in [-0.1, -0.05) is 0 Å².